The Labute approximate surface area is 132 Å². The summed E-state index contributed by atoms with van der Waals surface area (Å²) in [4.78, 5) is 8.31. The summed E-state index contributed by atoms with van der Waals surface area (Å²) in [6.07, 6.45) is 7.95. The number of unbranched alkanes of at least 4 members (excludes halogenated alkanes) is 1. The summed E-state index contributed by atoms with van der Waals surface area (Å²) in [7, 11) is 1.80. The van der Waals surface area contributed by atoms with Crippen LogP contribution in [0.2, 0.25) is 0 Å². The molecule has 0 aliphatic heterocycles. The van der Waals surface area contributed by atoms with Crippen LogP contribution >= 0.6 is 0 Å². The molecule has 1 aromatic carbocycles. The smallest absolute Gasteiger partial charge is 0.191 e. The van der Waals surface area contributed by atoms with Crippen LogP contribution in [0.1, 0.15) is 30.9 Å². The molecule has 0 aliphatic rings. The van der Waals surface area contributed by atoms with E-state index >= 15 is 0 Å². The van der Waals surface area contributed by atoms with Crippen LogP contribution in [-0.2, 0) is 13.1 Å². The molecule has 0 spiro atoms. The average Bonchev–Trinajstić information content (AvgIpc) is 3.04. The molecule has 0 saturated carbocycles. The van der Waals surface area contributed by atoms with E-state index < -0.39 is 0 Å². The Morgan fingerprint density at radius 3 is 2.86 bits per heavy atom. The van der Waals surface area contributed by atoms with Crippen LogP contribution in [-0.4, -0.2) is 29.1 Å². The van der Waals surface area contributed by atoms with Crippen molar-refractivity contribution in [3.8, 4) is 0 Å². The molecule has 118 valence electrons. The molecule has 22 heavy (non-hydrogen) atoms. The van der Waals surface area contributed by atoms with Gasteiger partial charge in [0.05, 0.1) is 6.33 Å². The fourth-order valence-electron chi connectivity index (χ4n) is 2.22. The van der Waals surface area contributed by atoms with Gasteiger partial charge in [0.15, 0.2) is 5.96 Å². The third-order valence-corrected chi connectivity index (χ3v) is 3.42. The third kappa shape index (κ3) is 5.24. The standard InChI is InChI=1S/C17H25N5/c1-3-4-8-20-17(18-2)21-12-15-6-5-7-16(11-15)13-22-10-9-19-14-22/h5-7,9-11,14H,3-4,8,12-13H2,1-2H3,(H2,18,20,21). The quantitative estimate of drug-likeness (QED) is 0.469. The highest BCUT2D eigenvalue weighted by atomic mass is 15.2. The molecule has 1 aromatic heterocycles. The Bertz CT molecular complexity index is 574. The Balaban J connectivity index is 1.87. The van der Waals surface area contributed by atoms with Crippen molar-refractivity contribution in [3.63, 3.8) is 0 Å². The zero-order valence-corrected chi connectivity index (χ0v) is 13.4. The van der Waals surface area contributed by atoms with Gasteiger partial charge in [0, 0.05) is 39.1 Å². The lowest BCUT2D eigenvalue weighted by atomic mass is 10.1. The molecule has 0 saturated heterocycles. The van der Waals surface area contributed by atoms with Gasteiger partial charge in [-0.2, -0.15) is 0 Å². The number of imidazole rings is 1. The molecule has 2 rings (SSSR count). The van der Waals surface area contributed by atoms with Crippen molar-refractivity contribution in [2.24, 2.45) is 4.99 Å². The van der Waals surface area contributed by atoms with Crippen molar-refractivity contribution < 1.29 is 0 Å². The zero-order valence-electron chi connectivity index (χ0n) is 13.4. The van der Waals surface area contributed by atoms with Crippen LogP contribution in [0, 0.1) is 0 Å². The fraction of sp³-hybridized carbons (Fsp3) is 0.412. The maximum atomic E-state index is 4.24. The number of nitrogens with one attached hydrogen (secondary N) is 2. The Hall–Kier alpha value is -2.30. The van der Waals surface area contributed by atoms with E-state index in [4.69, 9.17) is 0 Å². The average molecular weight is 299 g/mol. The molecule has 0 unspecified atom stereocenters. The summed E-state index contributed by atoms with van der Waals surface area (Å²) in [5.74, 6) is 0.855. The van der Waals surface area contributed by atoms with Crippen LogP contribution in [0.15, 0.2) is 48.0 Å². The van der Waals surface area contributed by atoms with Crippen LogP contribution in [0.4, 0.5) is 0 Å². The van der Waals surface area contributed by atoms with Gasteiger partial charge < -0.3 is 15.2 Å². The topological polar surface area (TPSA) is 54.2 Å². The van der Waals surface area contributed by atoms with Gasteiger partial charge in [0.25, 0.3) is 0 Å². The predicted octanol–water partition coefficient (Wildman–Crippen LogP) is 2.40. The lowest BCUT2D eigenvalue weighted by molar-refractivity contribution is 0.728. The molecule has 0 atom stereocenters. The van der Waals surface area contributed by atoms with Gasteiger partial charge in [-0.15, -0.1) is 0 Å². The van der Waals surface area contributed by atoms with Crippen LogP contribution < -0.4 is 10.6 Å². The summed E-state index contributed by atoms with van der Waals surface area (Å²) in [6, 6.07) is 8.57. The summed E-state index contributed by atoms with van der Waals surface area (Å²) >= 11 is 0. The highest BCUT2D eigenvalue weighted by Gasteiger charge is 2.00. The number of benzene rings is 1. The highest BCUT2D eigenvalue weighted by molar-refractivity contribution is 5.79. The summed E-state index contributed by atoms with van der Waals surface area (Å²) < 4.78 is 2.07. The third-order valence-electron chi connectivity index (χ3n) is 3.42. The van der Waals surface area contributed by atoms with E-state index in [1.54, 1.807) is 13.2 Å². The first-order valence-corrected chi connectivity index (χ1v) is 7.80. The van der Waals surface area contributed by atoms with E-state index in [1.807, 2.05) is 12.5 Å². The number of aromatic nitrogens is 2. The van der Waals surface area contributed by atoms with E-state index in [0.717, 1.165) is 32.0 Å². The lowest BCUT2D eigenvalue weighted by Crippen LogP contribution is -2.37. The Morgan fingerprint density at radius 2 is 2.14 bits per heavy atom. The SMILES string of the molecule is CCCCNC(=NC)NCc1cccc(Cn2ccnc2)c1. The molecule has 2 aromatic rings. The molecule has 0 bridgehead atoms. The van der Waals surface area contributed by atoms with Crippen molar-refractivity contribution in [2.45, 2.75) is 32.9 Å². The maximum absolute atomic E-state index is 4.24. The van der Waals surface area contributed by atoms with Gasteiger partial charge >= 0.3 is 0 Å². The minimum atomic E-state index is 0.767. The fourth-order valence-corrected chi connectivity index (χ4v) is 2.22. The van der Waals surface area contributed by atoms with Crippen molar-refractivity contribution in [1.82, 2.24) is 20.2 Å². The maximum Gasteiger partial charge on any atom is 0.191 e. The first-order chi connectivity index (χ1) is 10.8. The van der Waals surface area contributed by atoms with Crippen molar-refractivity contribution in [2.75, 3.05) is 13.6 Å². The number of rotatable bonds is 7. The van der Waals surface area contributed by atoms with E-state index in [1.165, 1.54) is 17.5 Å². The van der Waals surface area contributed by atoms with Crippen molar-refractivity contribution >= 4 is 5.96 Å². The highest BCUT2D eigenvalue weighted by Crippen LogP contribution is 2.07. The Morgan fingerprint density at radius 1 is 1.27 bits per heavy atom. The molecule has 5 nitrogen and oxygen atoms in total. The minimum Gasteiger partial charge on any atom is -0.356 e. The summed E-state index contributed by atoms with van der Waals surface area (Å²) in [5, 5.41) is 6.67. The summed E-state index contributed by atoms with van der Waals surface area (Å²) in [6.45, 7) is 4.75. The van der Waals surface area contributed by atoms with Gasteiger partial charge in [-0.25, -0.2) is 4.98 Å². The van der Waals surface area contributed by atoms with Crippen LogP contribution in [0.5, 0.6) is 0 Å². The van der Waals surface area contributed by atoms with Crippen molar-refractivity contribution in [1.29, 1.82) is 0 Å². The molecule has 2 N–H and O–H groups in total. The largest absolute Gasteiger partial charge is 0.356 e. The monoisotopic (exact) mass is 299 g/mol. The molecule has 0 aliphatic carbocycles. The molecule has 0 radical (unpaired) electrons. The number of hydrogen-bond donors (Lipinski definition) is 2. The second-order valence-corrected chi connectivity index (χ2v) is 5.26. The molecule has 1 heterocycles. The molecule has 0 fully saturated rings. The minimum absolute atomic E-state index is 0.767. The van der Waals surface area contributed by atoms with E-state index in [9.17, 15) is 0 Å². The predicted molar refractivity (Wildman–Crippen MR) is 90.9 cm³/mol. The van der Waals surface area contributed by atoms with Gasteiger partial charge in [-0.05, 0) is 17.5 Å². The van der Waals surface area contributed by atoms with Crippen molar-refractivity contribution in [3.05, 3.63) is 54.1 Å². The molecular formula is C17H25N5. The van der Waals surface area contributed by atoms with Gasteiger partial charge in [-0.3, -0.25) is 4.99 Å². The normalized spacial score (nSPS) is 11.5. The van der Waals surface area contributed by atoms with Gasteiger partial charge in [-0.1, -0.05) is 37.6 Å². The second-order valence-electron chi connectivity index (χ2n) is 5.26. The number of nitrogens with zero attached hydrogens (tertiary/aromatic N) is 3. The molecular weight excluding hydrogens is 274 g/mol. The molecule has 0 amide bonds. The summed E-state index contributed by atoms with van der Waals surface area (Å²) in [5.41, 5.74) is 2.52. The van der Waals surface area contributed by atoms with Crippen LogP contribution in [0.3, 0.4) is 0 Å². The lowest BCUT2D eigenvalue weighted by Gasteiger charge is -2.12. The number of aliphatic imine (C=N–C) groups is 1. The number of hydrogen-bond acceptors (Lipinski definition) is 2. The van der Waals surface area contributed by atoms with E-state index in [2.05, 4.69) is 56.4 Å². The van der Waals surface area contributed by atoms with Gasteiger partial charge in [0.1, 0.15) is 0 Å². The van der Waals surface area contributed by atoms with Gasteiger partial charge in [0.2, 0.25) is 0 Å². The molecule has 5 heteroatoms. The number of guanidine groups is 1. The second kappa shape index (κ2) is 8.87. The van der Waals surface area contributed by atoms with Crippen LogP contribution in [0.25, 0.3) is 0 Å². The zero-order chi connectivity index (χ0) is 15.6. The van der Waals surface area contributed by atoms with E-state index in [-0.39, 0.29) is 0 Å². The first kappa shape index (κ1) is 16.1. The Kier molecular flexibility index (Phi) is 6.48. The first-order valence-electron chi connectivity index (χ1n) is 7.80. The van der Waals surface area contributed by atoms with E-state index in [0.29, 0.717) is 0 Å².